The third kappa shape index (κ3) is 3.92. The Labute approximate surface area is 168 Å². The van der Waals surface area contributed by atoms with E-state index in [-0.39, 0.29) is 17.6 Å². The largest absolute Gasteiger partial charge is 0.460 e. The van der Waals surface area contributed by atoms with E-state index in [2.05, 4.69) is 45.0 Å². The first-order valence-corrected chi connectivity index (χ1v) is 11.8. The first kappa shape index (κ1) is 20.8. The van der Waals surface area contributed by atoms with Crippen LogP contribution in [0.15, 0.2) is 60.7 Å². The van der Waals surface area contributed by atoms with Gasteiger partial charge in [-0.2, -0.15) is 0 Å². The molecule has 0 saturated carbocycles. The van der Waals surface area contributed by atoms with Gasteiger partial charge in [-0.1, -0.05) is 81.4 Å². The van der Waals surface area contributed by atoms with E-state index >= 15 is 0 Å². The van der Waals surface area contributed by atoms with E-state index in [9.17, 15) is 9.90 Å². The number of cyclic esters (lactones) is 1. The standard InChI is InChI=1S/C23H30O4Si/c1-17-21(24)15-18(27-22(17)25)16-26-28(23(2,3)4,19-11-7-5-8-12-19)20-13-9-6-10-14-20/h5-14,17-18,21,24H,15-16H2,1-4H3/t17-,18-,21+/m0/s1. The van der Waals surface area contributed by atoms with Gasteiger partial charge < -0.3 is 14.3 Å². The summed E-state index contributed by atoms with van der Waals surface area (Å²) in [5.41, 5.74) is 0. The molecule has 1 aliphatic heterocycles. The Bertz CT molecular complexity index is 746. The fourth-order valence-corrected chi connectivity index (χ4v) is 8.62. The lowest BCUT2D eigenvalue weighted by molar-refractivity contribution is -0.170. The molecule has 0 unspecified atom stereocenters. The van der Waals surface area contributed by atoms with Crippen LogP contribution in [0.1, 0.15) is 34.1 Å². The second-order valence-corrected chi connectivity index (χ2v) is 12.9. The van der Waals surface area contributed by atoms with Gasteiger partial charge in [-0.3, -0.25) is 4.79 Å². The number of hydrogen-bond acceptors (Lipinski definition) is 4. The SMILES string of the molecule is C[C@@H]1C(=O)O[C@H](CO[Si](c2ccccc2)(c2ccccc2)C(C)(C)C)C[C@H]1O. The Morgan fingerprint density at radius 1 is 1.04 bits per heavy atom. The van der Waals surface area contributed by atoms with Gasteiger partial charge in [0.1, 0.15) is 6.10 Å². The summed E-state index contributed by atoms with van der Waals surface area (Å²) in [6.45, 7) is 8.62. The molecular formula is C23H30O4Si. The summed E-state index contributed by atoms with van der Waals surface area (Å²) < 4.78 is 12.3. The highest BCUT2D eigenvalue weighted by Crippen LogP contribution is 2.37. The van der Waals surface area contributed by atoms with Crippen molar-refractivity contribution in [3.63, 3.8) is 0 Å². The molecule has 1 N–H and O–H groups in total. The summed E-state index contributed by atoms with van der Waals surface area (Å²) in [6, 6.07) is 20.7. The first-order chi connectivity index (χ1) is 13.3. The zero-order valence-corrected chi connectivity index (χ0v) is 18.1. The second-order valence-electron chi connectivity index (χ2n) is 8.62. The number of aliphatic hydroxyl groups excluding tert-OH is 1. The quantitative estimate of drug-likeness (QED) is 0.622. The van der Waals surface area contributed by atoms with Crippen molar-refractivity contribution in [2.24, 2.45) is 5.92 Å². The van der Waals surface area contributed by atoms with Crippen LogP contribution in [-0.4, -0.2) is 38.2 Å². The molecule has 1 saturated heterocycles. The molecule has 1 aliphatic rings. The van der Waals surface area contributed by atoms with Crippen LogP contribution < -0.4 is 10.4 Å². The van der Waals surface area contributed by atoms with E-state index in [1.807, 2.05) is 36.4 Å². The average molecular weight is 399 g/mol. The highest BCUT2D eigenvalue weighted by atomic mass is 28.4. The molecule has 0 spiro atoms. The van der Waals surface area contributed by atoms with Gasteiger partial charge in [0.25, 0.3) is 8.32 Å². The molecule has 0 radical (unpaired) electrons. The molecule has 3 rings (SSSR count). The maximum Gasteiger partial charge on any atom is 0.311 e. The van der Waals surface area contributed by atoms with Gasteiger partial charge in [0.05, 0.1) is 18.6 Å². The lowest BCUT2D eigenvalue weighted by atomic mass is 9.96. The van der Waals surface area contributed by atoms with E-state index in [0.717, 1.165) is 0 Å². The molecule has 5 heteroatoms. The van der Waals surface area contributed by atoms with Gasteiger partial charge in [-0.25, -0.2) is 0 Å². The van der Waals surface area contributed by atoms with E-state index < -0.39 is 26.4 Å². The van der Waals surface area contributed by atoms with Gasteiger partial charge in [0, 0.05) is 6.42 Å². The molecule has 1 heterocycles. The van der Waals surface area contributed by atoms with Crippen molar-refractivity contribution in [3.05, 3.63) is 60.7 Å². The summed E-state index contributed by atoms with van der Waals surface area (Å²) in [6.07, 6.45) is -0.708. The topological polar surface area (TPSA) is 55.8 Å². The average Bonchev–Trinajstić information content (AvgIpc) is 2.67. The van der Waals surface area contributed by atoms with Crippen LogP contribution in [0.3, 0.4) is 0 Å². The number of aliphatic hydroxyl groups is 1. The zero-order valence-electron chi connectivity index (χ0n) is 17.1. The van der Waals surface area contributed by atoms with Gasteiger partial charge in [0.15, 0.2) is 0 Å². The molecule has 0 amide bonds. The van der Waals surface area contributed by atoms with Gasteiger partial charge in [-0.15, -0.1) is 0 Å². The molecule has 0 aromatic heterocycles. The second kappa shape index (κ2) is 8.19. The minimum absolute atomic E-state index is 0.139. The number of hydrogen-bond donors (Lipinski definition) is 1. The van der Waals surface area contributed by atoms with Crippen molar-refractivity contribution < 1.29 is 19.1 Å². The molecular weight excluding hydrogens is 368 g/mol. The van der Waals surface area contributed by atoms with Crippen molar-refractivity contribution in [1.82, 2.24) is 0 Å². The number of benzene rings is 2. The van der Waals surface area contributed by atoms with E-state index in [1.54, 1.807) is 6.92 Å². The Balaban J connectivity index is 1.98. The minimum atomic E-state index is -2.67. The normalized spacial score (nSPS) is 23.3. The molecule has 150 valence electrons. The molecule has 2 aromatic rings. The fourth-order valence-electron chi connectivity index (χ4n) is 4.03. The van der Waals surface area contributed by atoms with Crippen LogP contribution in [-0.2, 0) is 14.0 Å². The van der Waals surface area contributed by atoms with Crippen LogP contribution >= 0.6 is 0 Å². The monoisotopic (exact) mass is 398 g/mol. The van der Waals surface area contributed by atoms with Crippen LogP contribution in [0.4, 0.5) is 0 Å². The summed E-state index contributed by atoms with van der Waals surface area (Å²) in [4.78, 5) is 12.0. The van der Waals surface area contributed by atoms with Crippen molar-refractivity contribution in [3.8, 4) is 0 Å². The Morgan fingerprint density at radius 2 is 1.54 bits per heavy atom. The van der Waals surface area contributed by atoms with Crippen molar-refractivity contribution >= 4 is 24.7 Å². The minimum Gasteiger partial charge on any atom is -0.460 e. The molecule has 28 heavy (non-hydrogen) atoms. The van der Waals surface area contributed by atoms with Crippen LogP contribution in [0.2, 0.25) is 5.04 Å². The Kier molecular flexibility index (Phi) is 6.08. The third-order valence-electron chi connectivity index (χ3n) is 5.64. The van der Waals surface area contributed by atoms with Crippen molar-refractivity contribution in [1.29, 1.82) is 0 Å². The van der Waals surface area contributed by atoms with Crippen LogP contribution in [0.25, 0.3) is 0 Å². The molecule has 1 fully saturated rings. The van der Waals surface area contributed by atoms with Crippen molar-refractivity contribution in [2.45, 2.75) is 51.4 Å². The zero-order chi connectivity index (χ0) is 20.4. The number of carbonyl (C=O) groups excluding carboxylic acids is 1. The van der Waals surface area contributed by atoms with Crippen LogP contribution in [0.5, 0.6) is 0 Å². The maximum atomic E-state index is 12.0. The molecule has 2 aromatic carbocycles. The lowest BCUT2D eigenvalue weighted by Gasteiger charge is -2.44. The Hall–Kier alpha value is -1.95. The fraction of sp³-hybridized carbons (Fsp3) is 0.435. The van der Waals surface area contributed by atoms with E-state index in [0.29, 0.717) is 6.42 Å². The number of rotatable bonds is 5. The molecule has 4 nitrogen and oxygen atoms in total. The maximum absolute atomic E-state index is 12.0. The predicted molar refractivity (Wildman–Crippen MR) is 113 cm³/mol. The van der Waals surface area contributed by atoms with E-state index in [4.69, 9.17) is 9.16 Å². The van der Waals surface area contributed by atoms with Gasteiger partial charge >= 0.3 is 5.97 Å². The summed E-state index contributed by atoms with van der Waals surface area (Å²) in [5.74, 6) is -0.834. The predicted octanol–water partition coefficient (Wildman–Crippen LogP) is 2.88. The van der Waals surface area contributed by atoms with Crippen LogP contribution in [0, 0.1) is 5.92 Å². The van der Waals surface area contributed by atoms with Gasteiger partial charge in [-0.05, 0) is 22.3 Å². The Morgan fingerprint density at radius 3 is 1.96 bits per heavy atom. The number of carbonyl (C=O) groups is 1. The summed E-state index contributed by atoms with van der Waals surface area (Å²) >= 11 is 0. The highest BCUT2D eigenvalue weighted by molar-refractivity contribution is 6.99. The molecule has 3 atom stereocenters. The van der Waals surface area contributed by atoms with E-state index in [1.165, 1.54) is 10.4 Å². The smallest absolute Gasteiger partial charge is 0.311 e. The number of esters is 1. The highest BCUT2D eigenvalue weighted by Gasteiger charge is 2.50. The number of ether oxygens (including phenoxy) is 1. The van der Waals surface area contributed by atoms with Crippen molar-refractivity contribution in [2.75, 3.05) is 6.61 Å². The summed E-state index contributed by atoms with van der Waals surface area (Å²) in [5, 5.41) is 12.4. The molecule has 0 aliphatic carbocycles. The van der Waals surface area contributed by atoms with Gasteiger partial charge in [0.2, 0.25) is 0 Å². The lowest BCUT2D eigenvalue weighted by Crippen LogP contribution is -2.67. The molecule has 0 bridgehead atoms. The summed E-state index contributed by atoms with van der Waals surface area (Å²) in [7, 11) is -2.67. The third-order valence-corrected chi connectivity index (χ3v) is 10.6. The first-order valence-electron chi connectivity index (χ1n) is 9.89.